The van der Waals surface area contributed by atoms with Gasteiger partial charge in [-0.25, -0.2) is 0 Å². The fourth-order valence-corrected chi connectivity index (χ4v) is 2.70. The molecular formula is C17H25N3O2. The second-order valence-electron chi connectivity index (χ2n) is 5.88. The van der Waals surface area contributed by atoms with Crippen LogP contribution >= 0.6 is 0 Å². The molecule has 1 aliphatic rings. The molecular weight excluding hydrogens is 278 g/mol. The Morgan fingerprint density at radius 3 is 2.59 bits per heavy atom. The number of hydrogen-bond acceptors (Lipinski definition) is 3. The summed E-state index contributed by atoms with van der Waals surface area (Å²) in [6.45, 7) is 4.10. The van der Waals surface area contributed by atoms with E-state index in [-0.39, 0.29) is 18.2 Å². The maximum Gasteiger partial charge on any atom is 0.223 e. The highest BCUT2D eigenvalue weighted by molar-refractivity contribution is 5.83. The first-order chi connectivity index (χ1) is 10.6. The summed E-state index contributed by atoms with van der Waals surface area (Å²) < 4.78 is 0. The van der Waals surface area contributed by atoms with Gasteiger partial charge in [0.2, 0.25) is 11.8 Å². The van der Waals surface area contributed by atoms with Crippen LogP contribution in [0, 0.1) is 6.92 Å². The molecule has 2 amide bonds. The lowest BCUT2D eigenvalue weighted by atomic mass is 10.2. The van der Waals surface area contributed by atoms with Gasteiger partial charge in [-0.05, 0) is 37.5 Å². The molecule has 5 heteroatoms. The maximum absolute atomic E-state index is 12.1. The predicted octanol–water partition coefficient (Wildman–Crippen LogP) is 2.19. The zero-order chi connectivity index (χ0) is 15.8. The SMILES string of the molecule is Cc1cc(CNC(=O)CCC(=O)N2CCCCCC2)ccn1. The van der Waals surface area contributed by atoms with Crippen molar-refractivity contribution in [1.82, 2.24) is 15.2 Å². The molecule has 1 fully saturated rings. The van der Waals surface area contributed by atoms with Gasteiger partial charge in [0, 0.05) is 44.4 Å². The number of amides is 2. The fraction of sp³-hybridized carbons (Fsp3) is 0.588. The molecule has 0 aliphatic carbocycles. The zero-order valence-corrected chi connectivity index (χ0v) is 13.3. The molecule has 0 aromatic carbocycles. The Labute approximate surface area is 132 Å². The molecule has 1 saturated heterocycles. The molecule has 1 N–H and O–H groups in total. The summed E-state index contributed by atoms with van der Waals surface area (Å²) in [4.78, 5) is 30.0. The van der Waals surface area contributed by atoms with E-state index in [1.54, 1.807) is 6.20 Å². The number of aryl methyl sites for hydroxylation is 1. The van der Waals surface area contributed by atoms with Crippen LogP contribution in [0.15, 0.2) is 18.3 Å². The Balaban J connectivity index is 1.69. The van der Waals surface area contributed by atoms with Crippen molar-refractivity contribution in [2.75, 3.05) is 13.1 Å². The minimum Gasteiger partial charge on any atom is -0.352 e. The van der Waals surface area contributed by atoms with Gasteiger partial charge in [-0.3, -0.25) is 14.6 Å². The molecule has 1 aromatic heterocycles. The molecule has 2 rings (SSSR count). The van der Waals surface area contributed by atoms with Crippen LogP contribution in [-0.4, -0.2) is 34.8 Å². The Bertz CT molecular complexity index is 508. The predicted molar refractivity (Wildman–Crippen MR) is 85.1 cm³/mol. The van der Waals surface area contributed by atoms with Crippen molar-refractivity contribution < 1.29 is 9.59 Å². The number of rotatable bonds is 5. The number of carbonyl (C=O) groups is 2. The van der Waals surface area contributed by atoms with Crippen LogP contribution in [0.3, 0.4) is 0 Å². The number of hydrogen-bond donors (Lipinski definition) is 1. The van der Waals surface area contributed by atoms with E-state index in [2.05, 4.69) is 10.3 Å². The molecule has 0 spiro atoms. The lowest BCUT2D eigenvalue weighted by molar-refractivity contribution is -0.133. The summed E-state index contributed by atoms with van der Waals surface area (Å²) in [7, 11) is 0. The van der Waals surface area contributed by atoms with Gasteiger partial charge in [-0.15, -0.1) is 0 Å². The first-order valence-electron chi connectivity index (χ1n) is 8.11. The number of nitrogens with zero attached hydrogens (tertiary/aromatic N) is 2. The van der Waals surface area contributed by atoms with Crippen LogP contribution in [0.25, 0.3) is 0 Å². The van der Waals surface area contributed by atoms with Crippen molar-refractivity contribution in [2.45, 2.75) is 52.0 Å². The summed E-state index contributed by atoms with van der Waals surface area (Å²) in [5.41, 5.74) is 1.96. The summed E-state index contributed by atoms with van der Waals surface area (Å²) in [5.74, 6) is 0.0365. The van der Waals surface area contributed by atoms with Crippen LogP contribution in [0.1, 0.15) is 49.8 Å². The van der Waals surface area contributed by atoms with Gasteiger partial charge in [0.15, 0.2) is 0 Å². The molecule has 0 atom stereocenters. The molecule has 5 nitrogen and oxygen atoms in total. The van der Waals surface area contributed by atoms with Gasteiger partial charge in [-0.1, -0.05) is 12.8 Å². The minimum absolute atomic E-state index is 0.0716. The monoisotopic (exact) mass is 303 g/mol. The third-order valence-electron chi connectivity index (χ3n) is 3.98. The molecule has 1 aromatic rings. The number of pyridine rings is 1. The van der Waals surface area contributed by atoms with Crippen LogP contribution in [0.4, 0.5) is 0 Å². The standard InChI is InChI=1S/C17H25N3O2/c1-14-12-15(8-9-18-14)13-19-16(21)6-7-17(22)20-10-4-2-3-5-11-20/h8-9,12H,2-7,10-11,13H2,1H3,(H,19,21). The molecule has 120 valence electrons. The molecule has 0 radical (unpaired) electrons. The highest BCUT2D eigenvalue weighted by Gasteiger charge is 2.16. The van der Waals surface area contributed by atoms with Crippen molar-refractivity contribution in [3.05, 3.63) is 29.6 Å². The average Bonchev–Trinajstić information content (AvgIpc) is 2.80. The van der Waals surface area contributed by atoms with E-state index in [4.69, 9.17) is 0 Å². The number of carbonyl (C=O) groups excluding carboxylic acids is 2. The number of nitrogens with one attached hydrogen (secondary N) is 1. The maximum atomic E-state index is 12.1. The Morgan fingerprint density at radius 1 is 1.18 bits per heavy atom. The van der Waals surface area contributed by atoms with Gasteiger partial charge < -0.3 is 10.2 Å². The van der Waals surface area contributed by atoms with Crippen molar-refractivity contribution in [2.24, 2.45) is 0 Å². The van der Waals surface area contributed by atoms with E-state index in [0.717, 1.165) is 37.2 Å². The van der Waals surface area contributed by atoms with Crippen molar-refractivity contribution in [1.29, 1.82) is 0 Å². The summed E-state index contributed by atoms with van der Waals surface area (Å²) in [6, 6.07) is 3.83. The van der Waals surface area contributed by atoms with Gasteiger partial charge >= 0.3 is 0 Å². The number of aromatic nitrogens is 1. The van der Waals surface area contributed by atoms with Crippen LogP contribution in [0.2, 0.25) is 0 Å². The van der Waals surface area contributed by atoms with Gasteiger partial charge in [-0.2, -0.15) is 0 Å². The summed E-state index contributed by atoms with van der Waals surface area (Å²) >= 11 is 0. The van der Waals surface area contributed by atoms with Crippen molar-refractivity contribution >= 4 is 11.8 Å². The molecule has 0 saturated carbocycles. The van der Waals surface area contributed by atoms with Crippen molar-refractivity contribution in [3.63, 3.8) is 0 Å². The first kappa shape index (κ1) is 16.5. The molecule has 2 heterocycles. The lowest BCUT2D eigenvalue weighted by Crippen LogP contribution is -2.33. The highest BCUT2D eigenvalue weighted by Crippen LogP contribution is 2.11. The van der Waals surface area contributed by atoms with Crippen LogP contribution in [0.5, 0.6) is 0 Å². The van der Waals surface area contributed by atoms with Gasteiger partial charge in [0.05, 0.1) is 0 Å². The Morgan fingerprint density at radius 2 is 1.91 bits per heavy atom. The van der Waals surface area contributed by atoms with E-state index in [0.29, 0.717) is 13.0 Å². The summed E-state index contributed by atoms with van der Waals surface area (Å²) in [5, 5.41) is 2.86. The second-order valence-corrected chi connectivity index (χ2v) is 5.88. The highest BCUT2D eigenvalue weighted by atomic mass is 16.2. The third-order valence-corrected chi connectivity index (χ3v) is 3.98. The number of likely N-dealkylation sites (tertiary alicyclic amines) is 1. The van der Waals surface area contributed by atoms with E-state index in [1.165, 1.54) is 12.8 Å². The quantitative estimate of drug-likeness (QED) is 0.907. The van der Waals surface area contributed by atoms with Crippen LogP contribution in [-0.2, 0) is 16.1 Å². The summed E-state index contributed by atoms with van der Waals surface area (Å²) in [6.07, 6.45) is 6.88. The normalized spacial score (nSPS) is 15.2. The van der Waals surface area contributed by atoms with E-state index >= 15 is 0 Å². The zero-order valence-electron chi connectivity index (χ0n) is 13.3. The molecule has 1 aliphatic heterocycles. The van der Waals surface area contributed by atoms with Gasteiger partial charge in [0.25, 0.3) is 0 Å². The lowest BCUT2D eigenvalue weighted by Gasteiger charge is -2.20. The largest absolute Gasteiger partial charge is 0.352 e. The van der Waals surface area contributed by atoms with E-state index < -0.39 is 0 Å². The molecule has 22 heavy (non-hydrogen) atoms. The van der Waals surface area contributed by atoms with E-state index in [9.17, 15) is 9.59 Å². The first-order valence-corrected chi connectivity index (χ1v) is 8.11. The Hall–Kier alpha value is -1.91. The topological polar surface area (TPSA) is 62.3 Å². The minimum atomic E-state index is -0.0716. The fourth-order valence-electron chi connectivity index (χ4n) is 2.70. The molecule has 0 bridgehead atoms. The second kappa shape index (κ2) is 8.51. The van der Waals surface area contributed by atoms with Crippen molar-refractivity contribution in [3.8, 4) is 0 Å². The molecule has 0 unspecified atom stereocenters. The Kier molecular flexibility index (Phi) is 6.37. The van der Waals surface area contributed by atoms with Gasteiger partial charge in [0.1, 0.15) is 0 Å². The smallest absolute Gasteiger partial charge is 0.223 e. The third kappa shape index (κ3) is 5.47. The average molecular weight is 303 g/mol. The van der Waals surface area contributed by atoms with E-state index in [1.807, 2.05) is 24.0 Å². The van der Waals surface area contributed by atoms with Crippen LogP contribution < -0.4 is 5.32 Å².